The number of methoxy groups -OCH3 is 1. The molecule has 0 saturated heterocycles. The van der Waals surface area contributed by atoms with Crippen molar-refractivity contribution in [1.82, 2.24) is 35.2 Å². The van der Waals surface area contributed by atoms with Crippen molar-refractivity contribution in [3.63, 3.8) is 0 Å². The Morgan fingerprint density at radius 2 is 2.00 bits per heavy atom. The Labute approximate surface area is 202 Å². The van der Waals surface area contributed by atoms with Crippen molar-refractivity contribution in [2.24, 2.45) is 5.10 Å². The fourth-order valence-electron chi connectivity index (χ4n) is 3.94. The first-order chi connectivity index (χ1) is 17.1. The number of aromatic nitrogens is 6. The van der Waals surface area contributed by atoms with Crippen molar-refractivity contribution in [2.75, 3.05) is 7.11 Å². The van der Waals surface area contributed by atoms with Gasteiger partial charge in [-0.05, 0) is 59.8 Å². The minimum absolute atomic E-state index is 0.306. The summed E-state index contributed by atoms with van der Waals surface area (Å²) in [7, 11) is 1.61. The first-order valence-corrected chi connectivity index (χ1v) is 11.5. The molecule has 1 N–H and O–H groups in total. The third-order valence-electron chi connectivity index (χ3n) is 5.64. The maximum Gasteiger partial charge on any atom is 0.281 e. The highest BCUT2D eigenvalue weighted by Gasteiger charge is 2.17. The number of rotatable bonds is 5. The number of carbonyl (C=O) groups is 1. The lowest BCUT2D eigenvalue weighted by molar-refractivity contribution is 0.0959. The Hall–Kier alpha value is -4.64. The van der Waals surface area contributed by atoms with Gasteiger partial charge >= 0.3 is 0 Å². The number of benzene rings is 2. The molecule has 0 atom stereocenters. The molecule has 0 bridgehead atoms. The lowest BCUT2D eigenvalue weighted by Gasteiger charge is -2.05. The highest BCUT2D eigenvalue weighted by atomic mass is 32.1. The zero-order valence-electron chi connectivity index (χ0n) is 18.7. The van der Waals surface area contributed by atoms with Crippen LogP contribution in [0.3, 0.4) is 0 Å². The monoisotopic (exact) mass is 482 g/mol. The van der Waals surface area contributed by atoms with Gasteiger partial charge < -0.3 is 4.74 Å². The topological polar surface area (TPSA) is 112 Å². The fourth-order valence-corrected chi connectivity index (χ4v) is 5.02. The molecule has 0 aliphatic carbocycles. The molecular formula is C24H18N8O2S. The summed E-state index contributed by atoms with van der Waals surface area (Å²) in [6, 6.07) is 19.2. The molecule has 0 fully saturated rings. The molecular weight excluding hydrogens is 464 g/mol. The summed E-state index contributed by atoms with van der Waals surface area (Å²) in [6.45, 7) is 1.93. The van der Waals surface area contributed by atoms with Crippen LogP contribution in [0, 0.1) is 6.92 Å². The zero-order chi connectivity index (χ0) is 23.9. The molecule has 172 valence electrons. The largest absolute Gasteiger partial charge is 0.497 e. The molecule has 2 aromatic carbocycles. The van der Waals surface area contributed by atoms with Gasteiger partial charge in [-0.2, -0.15) is 14.7 Å². The van der Waals surface area contributed by atoms with E-state index in [1.165, 1.54) is 17.6 Å². The Kier molecular flexibility index (Phi) is 4.96. The van der Waals surface area contributed by atoms with E-state index < -0.39 is 0 Å². The second-order valence-corrected chi connectivity index (χ2v) is 8.83. The van der Waals surface area contributed by atoms with E-state index in [0.717, 1.165) is 38.3 Å². The van der Waals surface area contributed by atoms with E-state index in [9.17, 15) is 4.79 Å². The molecule has 0 spiro atoms. The SMILES string of the molecule is COc1ccc2c(c1)cc(/C=N/NC(=O)c1cc3c(C)nn(-c4ccccc4)c3s1)c1nnnn12. The van der Waals surface area contributed by atoms with Crippen LogP contribution in [0.5, 0.6) is 5.75 Å². The van der Waals surface area contributed by atoms with Crippen LogP contribution in [0.15, 0.2) is 65.8 Å². The summed E-state index contributed by atoms with van der Waals surface area (Å²) in [6.07, 6.45) is 1.53. The molecule has 6 aromatic rings. The molecule has 4 aromatic heterocycles. The quantitative estimate of drug-likeness (QED) is 0.296. The molecule has 4 heterocycles. The number of fused-ring (bicyclic) bond motifs is 4. The van der Waals surface area contributed by atoms with Gasteiger partial charge in [-0.15, -0.1) is 16.4 Å². The summed E-state index contributed by atoms with van der Waals surface area (Å²) >= 11 is 1.37. The van der Waals surface area contributed by atoms with Gasteiger partial charge in [-0.3, -0.25) is 4.79 Å². The van der Waals surface area contributed by atoms with Crippen LogP contribution in [0.4, 0.5) is 0 Å². The maximum atomic E-state index is 12.9. The van der Waals surface area contributed by atoms with Gasteiger partial charge in [0.05, 0.1) is 35.1 Å². The average Bonchev–Trinajstić information content (AvgIpc) is 3.61. The van der Waals surface area contributed by atoms with Gasteiger partial charge in [0.1, 0.15) is 10.6 Å². The van der Waals surface area contributed by atoms with Crippen LogP contribution in [0.1, 0.15) is 20.9 Å². The van der Waals surface area contributed by atoms with Crippen LogP contribution in [0.25, 0.3) is 32.5 Å². The molecule has 0 aliphatic rings. The Morgan fingerprint density at radius 3 is 2.83 bits per heavy atom. The van der Waals surface area contributed by atoms with E-state index in [1.807, 2.05) is 72.3 Å². The number of tetrazole rings is 1. The molecule has 10 nitrogen and oxygen atoms in total. The molecule has 0 aliphatic heterocycles. The predicted molar refractivity (Wildman–Crippen MR) is 134 cm³/mol. The number of ether oxygens (including phenoxy) is 1. The Balaban J connectivity index is 1.30. The van der Waals surface area contributed by atoms with Crippen LogP contribution in [0.2, 0.25) is 0 Å². The minimum atomic E-state index is -0.306. The summed E-state index contributed by atoms with van der Waals surface area (Å²) in [5, 5.41) is 22.6. The van der Waals surface area contributed by atoms with E-state index in [0.29, 0.717) is 16.1 Å². The van der Waals surface area contributed by atoms with Gasteiger partial charge in [-0.1, -0.05) is 18.2 Å². The number of aryl methyl sites for hydroxylation is 1. The number of nitrogens with one attached hydrogen (secondary N) is 1. The third-order valence-corrected chi connectivity index (χ3v) is 6.75. The van der Waals surface area contributed by atoms with E-state index in [2.05, 4.69) is 31.2 Å². The van der Waals surface area contributed by atoms with Gasteiger partial charge in [0.15, 0.2) is 5.65 Å². The lowest BCUT2D eigenvalue weighted by Crippen LogP contribution is -2.16. The number of para-hydroxylation sites is 1. The summed E-state index contributed by atoms with van der Waals surface area (Å²) in [4.78, 5) is 14.3. The molecule has 0 radical (unpaired) electrons. The molecule has 11 heteroatoms. The second kappa shape index (κ2) is 8.29. The molecule has 1 amide bonds. The van der Waals surface area contributed by atoms with Crippen molar-refractivity contribution in [3.8, 4) is 11.4 Å². The second-order valence-electron chi connectivity index (χ2n) is 7.80. The van der Waals surface area contributed by atoms with Crippen LogP contribution in [-0.4, -0.2) is 49.1 Å². The molecule has 0 unspecified atom stereocenters. The average molecular weight is 483 g/mol. The van der Waals surface area contributed by atoms with Crippen molar-refractivity contribution in [1.29, 1.82) is 0 Å². The number of nitrogens with zero attached hydrogens (tertiary/aromatic N) is 7. The number of pyridine rings is 1. The summed E-state index contributed by atoms with van der Waals surface area (Å²) < 4.78 is 8.81. The fraction of sp³-hybridized carbons (Fsp3) is 0.0833. The Bertz CT molecular complexity index is 1750. The van der Waals surface area contributed by atoms with E-state index in [1.54, 1.807) is 11.6 Å². The minimum Gasteiger partial charge on any atom is -0.497 e. The standard InChI is InChI=1S/C24H18N8O2S/c1-14-19-12-21(35-24(19)31(28-14)17-6-4-3-5-7-17)23(33)27-25-13-16-10-15-11-18(34-2)8-9-20(15)32-22(16)26-29-30-32/h3-13H,1-2H3,(H,27,33)/b25-13+. The van der Waals surface area contributed by atoms with Crippen LogP contribution in [-0.2, 0) is 0 Å². The van der Waals surface area contributed by atoms with Gasteiger partial charge in [0.25, 0.3) is 5.91 Å². The zero-order valence-corrected chi connectivity index (χ0v) is 19.5. The van der Waals surface area contributed by atoms with E-state index >= 15 is 0 Å². The first kappa shape index (κ1) is 20.9. The smallest absolute Gasteiger partial charge is 0.281 e. The highest BCUT2D eigenvalue weighted by molar-refractivity contribution is 7.20. The van der Waals surface area contributed by atoms with Crippen LogP contribution >= 0.6 is 11.3 Å². The van der Waals surface area contributed by atoms with Crippen molar-refractivity contribution in [2.45, 2.75) is 6.92 Å². The van der Waals surface area contributed by atoms with Crippen LogP contribution < -0.4 is 10.2 Å². The van der Waals surface area contributed by atoms with Gasteiger partial charge in [0, 0.05) is 16.3 Å². The van der Waals surface area contributed by atoms with Crippen molar-refractivity contribution >= 4 is 50.2 Å². The molecule has 6 rings (SSSR count). The number of hydrogen-bond donors (Lipinski definition) is 1. The normalized spacial score (nSPS) is 11.7. The van der Waals surface area contributed by atoms with Gasteiger partial charge in [0.2, 0.25) is 0 Å². The van der Waals surface area contributed by atoms with Crippen molar-refractivity contribution < 1.29 is 9.53 Å². The van der Waals surface area contributed by atoms with E-state index in [-0.39, 0.29) is 5.91 Å². The first-order valence-electron chi connectivity index (χ1n) is 10.7. The van der Waals surface area contributed by atoms with Crippen molar-refractivity contribution in [3.05, 3.63) is 76.8 Å². The number of carbonyl (C=O) groups excluding carboxylic acids is 1. The number of hydrogen-bond acceptors (Lipinski definition) is 8. The third kappa shape index (κ3) is 3.58. The number of thiophene rings is 1. The lowest BCUT2D eigenvalue weighted by atomic mass is 10.1. The maximum absolute atomic E-state index is 12.9. The van der Waals surface area contributed by atoms with E-state index in [4.69, 9.17) is 4.74 Å². The number of amides is 1. The highest BCUT2D eigenvalue weighted by Crippen LogP contribution is 2.30. The summed E-state index contributed by atoms with van der Waals surface area (Å²) in [5.74, 6) is 0.412. The molecule has 0 saturated carbocycles. The van der Waals surface area contributed by atoms with Gasteiger partial charge in [-0.25, -0.2) is 10.1 Å². The Morgan fingerprint density at radius 1 is 1.14 bits per heavy atom. The number of hydrazone groups is 1. The summed E-state index contributed by atoms with van der Waals surface area (Å²) in [5.41, 5.74) is 6.43. The molecule has 35 heavy (non-hydrogen) atoms. The predicted octanol–water partition coefficient (Wildman–Crippen LogP) is 3.76.